The molecule has 36 heavy (non-hydrogen) atoms. The minimum Gasteiger partial charge on any atom is -0.508 e. The van der Waals surface area contributed by atoms with E-state index >= 15 is 0 Å². The van der Waals surface area contributed by atoms with Crippen molar-refractivity contribution in [1.82, 2.24) is 24.4 Å². The number of likely N-dealkylation sites (tertiary alicyclic amines) is 1. The van der Waals surface area contributed by atoms with Crippen LogP contribution in [0, 0.1) is 0 Å². The van der Waals surface area contributed by atoms with Crippen molar-refractivity contribution in [2.24, 2.45) is 0 Å². The quantitative estimate of drug-likeness (QED) is 0.312. The first-order valence-electron chi connectivity index (χ1n) is 12.8. The molecule has 0 unspecified atom stereocenters. The second-order valence-electron chi connectivity index (χ2n) is 9.84. The van der Waals surface area contributed by atoms with E-state index in [1.165, 1.54) is 5.56 Å². The number of imidazole rings is 1. The van der Waals surface area contributed by atoms with Crippen molar-refractivity contribution < 1.29 is 5.11 Å². The summed E-state index contributed by atoms with van der Waals surface area (Å²) < 4.78 is 2.09. The predicted octanol–water partition coefficient (Wildman–Crippen LogP) is 4.84. The molecule has 8 nitrogen and oxygen atoms in total. The highest BCUT2D eigenvalue weighted by atomic mass is 16.3. The third kappa shape index (κ3) is 5.76. The molecule has 4 aromatic rings. The maximum Gasteiger partial charge on any atom is 0.227 e. The Morgan fingerprint density at radius 1 is 0.972 bits per heavy atom. The maximum atomic E-state index is 9.52. The molecular formula is C28H35N7O. The SMILES string of the molecule is CC(C)n1cnc2c(NCCc3ccc(O)cc3)nc(NC3CCN(Cc4ccccc4)CC3)nc21. The first kappa shape index (κ1) is 24.1. The number of benzene rings is 2. The zero-order valence-corrected chi connectivity index (χ0v) is 21.1. The van der Waals surface area contributed by atoms with E-state index in [1.807, 2.05) is 18.5 Å². The summed E-state index contributed by atoms with van der Waals surface area (Å²) in [6.45, 7) is 8.09. The minimum atomic E-state index is 0.254. The number of nitrogens with zero attached hydrogens (tertiary/aromatic N) is 5. The number of rotatable bonds is 9. The number of aromatic nitrogens is 4. The maximum absolute atomic E-state index is 9.52. The number of phenolic OH excluding ortho intramolecular Hbond substituents is 1. The molecule has 2 aromatic carbocycles. The number of hydrogen-bond acceptors (Lipinski definition) is 7. The Labute approximate surface area is 212 Å². The van der Waals surface area contributed by atoms with Crippen LogP contribution in [0.1, 0.15) is 43.9 Å². The van der Waals surface area contributed by atoms with Gasteiger partial charge in [0.1, 0.15) is 5.75 Å². The van der Waals surface area contributed by atoms with Crippen molar-refractivity contribution in [3.63, 3.8) is 0 Å². The lowest BCUT2D eigenvalue weighted by atomic mass is 10.0. The van der Waals surface area contributed by atoms with Crippen LogP contribution in [0.15, 0.2) is 60.9 Å². The summed E-state index contributed by atoms with van der Waals surface area (Å²) in [5.41, 5.74) is 4.15. The van der Waals surface area contributed by atoms with Crippen LogP contribution in [0.25, 0.3) is 11.2 Å². The molecule has 188 valence electrons. The van der Waals surface area contributed by atoms with E-state index in [-0.39, 0.29) is 11.8 Å². The fourth-order valence-corrected chi connectivity index (χ4v) is 4.73. The molecule has 8 heteroatoms. The molecule has 3 N–H and O–H groups in total. The van der Waals surface area contributed by atoms with Gasteiger partial charge in [0.2, 0.25) is 5.95 Å². The molecule has 0 amide bonds. The van der Waals surface area contributed by atoms with Gasteiger partial charge in [0, 0.05) is 38.3 Å². The second-order valence-corrected chi connectivity index (χ2v) is 9.84. The van der Waals surface area contributed by atoms with E-state index < -0.39 is 0 Å². The van der Waals surface area contributed by atoms with E-state index in [1.54, 1.807) is 12.1 Å². The summed E-state index contributed by atoms with van der Waals surface area (Å²) in [6.07, 6.45) is 4.78. The normalized spacial score (nSPS) is 15.0. The Morgan fingerprint density at radius 3 is 2.44 bits per heavy atom. The summed E-state index contributed by atoms with van der Waals surface area (Å²) in [6, 6.07) is 18.6. The molecule has 0 aliphatic carbocycles. The van der Waals surface area contributed by atoms with Crippen molar-refractivity contribution in [3.8, 4) is 5.75 Å². The molecule has 0 bridgehead atoms. The van der Waals surface area contributed by atoms with Gasteiger partial charge >= 0.3 is 0 Å². The van der Waals surface area contributed by atoms with E-state index in [0.29, 0.717) is 18.5 Å². The first-order valence-corrected chi connectivity index (χ1v) is 12.8. The van der Waals surface area contributed by atoms with Gasteiger partial charge in [-0.2, -0.15) is 9.97 Å². The van der Waals surface area contributed by atoms with E-state index in [4.69, 9.17) is 9.97 Å². The van der Waals surface area contributed by atoms with Crippen molar-refractivity contribution in [3.05, 3.63) is 72.1 Å². The Hall–Kier alpha value is -3.65. The van der Waals surface area contributed by atoms with Crippen LogP contribution in [-0.2, 0) is 13.0 Å². The molecule has 0 radical (unpaired) electrons. The summed E-state index contributed by atoms with van der Waals surface area (Å²) in [5.74, 6) is 1.69. The third-order valence-corrected chi connectivity index (χ3v) is 6.79. The van der Waals surface area contributed by atoms with Crippen LogP contribution in [0.4, 0.5) is 11.8 Å². The summed E-state index contributed by atoms with van der Waals surface area (Å²) >= 11 is 0. The third-order valence-electron chi connectivity index (χ3n) is 6.79. The number of piperidine rings is 1. The van der Waals surface area contributed by atoms with Gasteiger partial charge in [-0.15, -0.1) is 0 Å². The second kappa shape index (κ2) is 11.0. The van der Waals surface area contributed by atoms with Crippen LogP contribution in [0.2, 0.25) is 0 Å². The molecule has 0 atom stereocenters. The minimum absolute atomic E-state index is 0.254. The van der Waals surface area contributed by atoms with Gasteiger partial charge in [0.05, 0.1) is 6.33 Å². The Balaban J connectivity index is 1.26. The lowest BCUT2D eigenvalue weighted by molar-refractivity contribution is 0.211. The summed E-state index contributed by atoms with van der Waals surface area (Å²) in [4.78, 5) is 16.8. The lowest BCUT2D eigenvalue weighted by Gasteiger charge is -2.32. The summed E-state index contributed by atoms with van der Waals surface area (Å²) in [5, 5.41) is 16.6. The number of hydrogen-bond donors (Lipinski definition) is 3. The molecule has 1 aliphatic heterocycles. The van der Waals surface area contributed by atoms with Crippen LogP contribution < -0.4 is 10.6 Å². The van der Waals surface area contributed by atoms with Gasteiger partial charge in [-0.3, -0.25) is 4.90 Å². The van der Waals surface area contributed by atoms with E-state index in [9.17, 15) is 5.11 Å². The predicted molar refractivity (Wildman–Crippen MR) is 144 cm³/mol. The zero-order valence-electron chi connectivity index (χ0n) is 21.1. The van der Waals surface area contributed by atoms with Gasteiger partial charge in [-0.25, -0.2) is 4.98 Å². The average Bonchev–Trinajstić information content (AvgIpc) is 3.32. The highest BCUT2D eigenvalue weighted by Gasteiger charge is 2.21. The fourth-order valence-electron chi connectivity index (χ4n) is 4.73. The smallest absolute Gasteiger partial charge is 0.227 e. The molecule has 2 aromatic heterocycles. The van der Waals surface area contributed by atoms with Crippen LogP contribution in [-0.4, -0.2) is 55.2 Å². The van der Waals surface area contributed by atoms with E-state index in [0.717, 1.165) is 61.4 Å². The van der Waals surface area contributed by atoms with Gasteiger partial charge in [0.25, 0.3) is 0 Å². The summed E-state index contributed by atoms with van der Waals surface area (Å²) in [7, 11) is 0. The molecule has 0 saturated carbocycles. The largest absolute Gasteiger partial charge is 0.508 e. The molecule has 1 fully saturated rings. The van der Waals surface area contributed by atoms with Gasteiger partial charge in [-0.05, 0) is 56.4 Å². The molecular weight excluding hydrogens is 450 g/mol. The first-order chi connectivity index (χ1) is 17.5. The van der Waals surface area contributed by atoms with Gasteiger partial charge in [-0.1, -0.05) is 42.5 Å². The molecule has 1 aliphatic rings. The zero-order chi connectivity index (χ0) is 24.9. The standard InChI is InChI=1S/C28H35N7O/c1-20(2)35-19-30-25-26(29-15-12-21-8-10-24(36)11-9-21)32-28(33-27(25)35)31-23-13-16-34(17-14-23)18-22-6-4-3-5-7-22/h3-11,19-20,23,36H,12-18H2,1-2H3,(H2,29,31,32,33). The number of anilines is 2. The van der Waals surface area contributed by atoms with Crippen molar-refractivity contribution >= 4 is 22.9 Å². The van der Waals surface area contributed by atoms with E-state index in [2.05, 4.69) is 69.3 Å². The van der Waals surface area contributed by atoms with Crippen molar-refractivity contribution in [2.75, 3.05) is 30.3 Å². The molecule has 3 heterocycles. The van der Waals surface area contributed by atoms with Crippen LogP contribution in [0.5, 0.6) is 5.75 Å². The Kier molecular flexibility index (Phi) is 7.32. The van der Waals surface area contributed by atoms with Crippen LogP contribution >= 0.6 is 0 Å². The molecule has 5 rings (SSSR count). The number of nitrogens with one attached hydrogen (secondary N) is 2. The highest BCUT2D eigenvalue weighted by molar-refractivity contribution is 5.84. The number of fused-ring (bicyclic) bond motifs is 1. The van der Waals surface area contributed by atoms with Crippen molar-refractivity contribution in [1.29, 1.82) is 0 Å². The average molecular weight is 486 g/mol. The topological polar surface area (TPSA) is 91.1 Å². The lowest BCUT2D eigenvalue weighted by Crippen LogP contribution is -2.39. The number of aromatic hydroxyl groups is 1. The Morgan fingerprint density at radius 2 is 1.72 bits per heavy atom. The highest BCUT2D eigenvalue weighted by Crippen LogP contribution is 2.25. The monoisotopic (exact) mass is 485 g/mol. The van der Waals surface area contributed by atoms with Gasteiger partial charge < -0.3 is 20.3 Å². The molecule has 1 saturated heterocycles. The fraction of sp³-hybridized carbons (Fsp3) is 0.393. The van der Waals surface area contributed by atoms with Crippen LogP contribution in [0.3, 0.4) is 0 Å². The number of phenols is 1. The van der Waals surface area contributed by atoms with Crippen molar-refractivity contribution in [2.45, 2.75) is 51.7 Å². The van der Waals surface area contributed by atoms with Gasteiger partial charge in [0.15, 0.2) is 17.0 Å². The Bertz CT molecular complexity index is 1260. The molecule has 0 spiro atoms.